The first-order chi connectivity index (χ1) is 7.08. The SMILES string of the molecule is Cc1cnc2cc(C)c([N+](=O)[O-])cc2n1. The minimum Gasteiger partial charge on any atom is -0.258 e. The van der Waals surface area contributed by atoms with Gasteiger partial charge in [0.25, 0.3) is 5.69 Å². The van der Waals surface area contributed by atoms with Crippen LogP contribution in [0.3, 0.4) is 0 Å². The summed E-state index contributed by atoms with van der Waals surface area (Å²) < 4.78 is 0. The second-order valence-electron chi connectivity index (χ2n) is 3.40. The summed E-state index contributed by atoms with van der Waals surface area (Å²) in [6.45, 7) is 3.50. The fraction of sp³-hybridized carbons (Fsp3) is 0.200. The molecule has 0 bridgehead atoms. The monoisotopic (exact) mass is 203 g/mol. The van der Waals surface area contributed by atoms with Gasteiger partial charge in [0.1, 0.15) is 0 Å². The van der Waals surface area contributed by atoms with Gasteiger partial charge in [-0.25, -0.2) is 4.98 Å². The van der Waals surface area contributed by atoms with Crippen LogP contribution in [-0.4, -0.2) is 14.9 Å². The lowest BCUT2D eigenvalue weighted by Crippen LogP contribution is -1.94. The van der Waals surface area contributed by atoms with E-state index in [4.69, 9.17) is 0 Å². The van der Waals surface area contributed by atoms with Gasteiger partial charge in [-0.1, -0.05) is 0 Å². The minimum absolute atomic E-state index is 0.0856. The smallest absolute Gasteiger partial charge is 0.258 e. The second-order valence-corrected chi connectivity index (χ2v) is 3.40. The van der Waals surface area contributed by atoms with Gasteiger partial charge in [-0.15, -0.1) is 0 Å². The fourth-order valence-electron chi connectivity index (χ4n) is 1.44. The van der Waals surface area contributed by atoms with Crippen molar-refractivity contribution >= 4 is 16.7 Å². The van der Waals surface area contributed by atoms with Crippen LogP contribution < -0.4 is 0 Å². The first-order valence-corrected chi connectivity index (χ1v) is 4.46. The molecule has 76 valence electrons. The molecule has 0 fully saturated rings. The summed E-state index contributed by atoms with van der Waals surface area (Å²) in [5.41, 5.74) is 2.68. The zero-order valence-corrected chi connectivity index (χ0v) is 8.39. The summed E-state index contributed by atoms with van der Waals surface area (Å²) in [4.78, 5) is 18.7. The Morgan fingerprint density at radius 2 is 2.00 bits per heavy atom. The highest BCUT2D eigenvalue weighted by molar-refractivity contribution is 5.78. The maximum absolute atomic E-state index is 10.7. The molecule has 0 aliphatic carbocycles. The molecule has 0 saturated carbocycles. The first-order valence-electron chi connectivity index (χ1n) is 4.46. The molecule has 0 atom stereocenters. The van der Waals surface area contributed by atoms with Gasteiger partial charge in [0.15, 0.2) is 0 Å². The molecule has 0 aliphatic heterocycles. The van der Waals surface area contributed by atoms with Crippen molar-refractivity contribution in [3.8, 4) is 0 Å². The number of hydrogen-bond donors (Lipinski definition) is 0. The van der Waals surface area contributed by atoms with E-state index in [1.807, 2.05) is 0 Å². The maximum Gasteiger partial charge on any atom is 0.274 e. The third kappa shape index (κ3) is 1.63. The van der Waals surface area contributed by atoms with Crippen LogP contribution >= 0.6 is 0 Å². The van der Waals surface area contributed by atoms with E-state index in [9.17, 15) is 10.1 Å². The molecule has 0 unspecified atom stereocenters. The van der Waals surface area contributed by atoms with E-state index in [2.05, 4.69) is 9.97 Å². The minimum atomic E-state index is -0.404. The van der Waals surface area contributed by atoms with Crippen LogP contribution in [0.15, 0.2) is 18.3 Å². The molecule has 0 spiro atoms. The lowest BCUT2D eigenvalue weighted by atomic mass is 10.1. The summed E-state index contributed by atoms with van der Waals surface area (Å²) in [6.07, 6.45) is 1.65. The van der Waals surface area contributed by atoms with Crippen LogP contribution in [0.2, 0.25) is 0 Å². The fourth-order valence-corrected chi connectivity index (χ4v) is 1.44. The molecule has 2 rings (SSSR count). The second kappa shape index (κ2) is 3.27. The molecule has 1 aromatic heterocycles. The van der Waals surface area contributed by atoms with Crippen molar-refractivity contribution in [1.29, 1.82) is 0 Å². The van der Waals surface area contributed by atoms with Crippen molar-refractivity contribution in [2.45, 2.75) is 13.8 Å². The number of nitrogens with zero attached hydrogens (tertiary/aromatic N) is 3. The number of aromatic nitrogens is 2. The lowest BCUT2D eigenvalue weighted by Gasteiger charge is -2.00. The maximum atomic E-state index is 10.7. The van der Waals surface area contributed by atoms with Crippen molar-refractivity contribution in [3.63, 3.8) is 0 Å². The van der Waals surface area contributed by atoms with Gasteiger partial charge < -0.3 is 0 Å². The molecular weight excluding hydrogens is 194 g/mol. The number of nitro benzene ring substituents is 1. The normalized spacial score (nSPS) is 10.5. The number of benzene rings is 1. The summed E-state index contributed by atoms with van der Waals surface area (Å²) in [5.74, 6) is 0. The van der Waals surface area contributed by atoms with Gasteiger partial charge >= 0.3 is 0 Å². The Bertz CT molecular complexity index is 552. The van der Waals surface area contributed by atoms with E-state index in [1.165, 1.54) is 6.07 Å². The van der Waals surface area contributed by atoms with E-state index in [-0.39, 0.29) is 5.69 Å². The Labute approximate surface area is 85.9 Å². The first kappa shape index (κ1) is 9.51. The molecule has 5 nitrogen and oxygen atoms in total. The van der Waals surface area contributed by atoms with Gasteiger partial charge in [-0.2, -0.15) is 0 Å². The zero-order valence-electron chi connectivity index (χ0n) is 8.39. The van der Waals surface area contributed by atoms with Gasteiger partial charge in [0.2, 0.25) is 0 Å². The van der Waals surface area contributed by atoms with Crippen molar-refractivity contribution in [2.75, 3.05) is 0 Å². The third-order valence-corrected chi connectivity index (χ3v) is 2.18. The van der Waals surface area contributed by atoms with Crippen molar-refractivity contribution in [3.05, 3.63) is 39.7 Å². The van der Waals surface area contributed by atoms with Crippen LogP contribution in [0, 0.1) is 24.0 Å². The number of fused-ring (bicyclic) bond motifs is 1. The van der Waals surface area contributed by atoms with Crippen molar-refractivity contribution < 1.29 is 4.92 Å². The van der Waals surface area contributed by atoms with Crippen LogP contribution in [-0.2, 0) is 0 Å². The van der Waals surface area contributed by atoms with Crippen molar-refractivity contribution in [1.82, 2.24) is 9.97 Å². The molecule has 1 aromatic carbocycles. The van der Waals surface area contributed by atoms with Crippen molar-refractivity contribution in [2.24, 2.45) is 0 Å². The molecule has 1 heterocycles. The lowest BCUT2D eigenvalue weighted by molar-refractivity contribution is -0.385. The Morgan fingerprint density at radius 1 is 1.27 bits per heavy atom. The Morgan fingerprint density at radius 3 is 2.67 bits per heavy atom. The molecule has 0 amide bonds. The van der Waals surface area contributed by atoms with Crippen LogP contribution in [0.5, 0.6) is 0 Å². The van der Waals surface area contributed by atoms with E-state index < -0.39 is 4.92 Å². The van der Waals surface area contributed by atoms with Gasteiger partial charge in [-0.05, 0) is 19.9 Å². The molecule has 0 radical (unpaired) electrons. The quantitative estimate of drug-likeness (QED) is 0.526. The predicted octanol–water partition coefficient (Wildman–Crippen LogP) is 2.15. The number of aryl methyl sites for hydroxylation is 2. The highest BCUT2D eigenvalue weighted by Gasteiger charge is 2.12. The third-order valence-electron chi connectivity index (χ3n) is 2.18. The summed E-state index contributed by atoms with van der Waals surface area (Å²) >= 11 is 0. The zero-order chi connectivity index (χ0) is 11.0. The molecular formula is C10H9N3O2. The standard InChI is InChI=1S/C10H9N3O2/c1-6-3-8-9(4-10(6)13(14)15)12-7(2)5-11-8/h3-5H,1-2H3. The average molecular weight is 203 g/mol. The van der Waals surface area contributed by atoms with Crippen LogP contribution in [0.25, 0.3) is 11.0 Å². The van der Waals surface area contributed by atoms with Gasteiger partial charge in [-0.3, -0.25) is 15.1 Å². The topological polar surface area (TPSA) is 68.9 Å². The molecule has 0 aliphatic rings. The number of nitro groups is 1. The van der Waals surface area contributed by atoms with Gasteiger partial charge in [0, 0.05) is 17.8 Å². The Balaban J connectivity index is 2.77. The largest absolute Gasteiger partial charge is 0.274 e. The number of hydrogen-bond acceptors (Lipinski definition) is 4. The predicted molar refractivity (Wildman–Crippen MR) is 55.7 cm³/mol. The highest BCUT2D eigenvalue weighted by Crippen LogP contribution is 2.22. The Kier molecular flexibility index (Phi) is 2.07. The molecule has 15 heavy (non-hydrogen) atoms. The van der Waals surface area contributed by atoms with Crippen LogP contribution in [0.1, 0.15) is 11.3 Å². The van der Waals surface area contributed by atoms with Crippen LogP contribution in [0.4, 0.5) is 5.69 Å². The summed E-state index contributed by atoms with van der Waals surface area (Å²) in [7, 11) is 0. The Hall–Kier alpha value is -2.04. The van der Waals surface area contributed by atoms with E-state index in [0.717, 1.165) is 5.69 Å². The summed E-state index contributed by atoms with van der Waals surface area (Å²) in [6, 6.07) is 3.14. The average Bonchev–Trinajstić information content (AvgIpc) is 2.17. The molecule has 5 heteroatoms. The summed E-state index contributed by atoms with van der Waals surface area (Å²) in [5, 5.41) is 10.7. The molecule has 0 N–H and O–H groups in total. The van der Waals surface area contributed by atoms with Gasteiger partial charge in [0.05, 0.1) is 21.7 Å². The molecule has 2 aromatic rings. The van der Waals surface area contributed by atoms with E-state index in [0.29, 0.717) is 16.6 Å². The van der Waals surface area contributed by atoms with E-state index >= 15 is 0 Å². The van der Waals surface area contributed by atoms with E-state index in [1.54, 1.807) is 26.1 Å². The molecule has 0 saturated heterocycles. The number of rotatable bonds is 1. The highest BCUT2D eigenvalue weighted by atomic mass is 16.6.